The molecule has 0 spiro atoms. The van der Waals surface area contributed by atoms with Gasteiger partial charge in [-0.1, -0.05) is 12.1 Å². The van der Waals surface area contributed by atoms with Gasteiger partial charge in [0, 0.05) is 25.2 Å². The van der Waals surface area contributed by atoms with Gasteiger partial charge in [-0.05, 0) is 42.0 Å². The Morgan fingerprint density at radius 2 is 1.76 bits per heavy atom. The van der Waals surface area contributed by atoms with Crippen molar-refractivity contribution in [3.8, 4) is 11.5 Å². The second-order valence-corrected chi connectivity index (χ2v) is 6.65. The third-order valence-corrected chi connectivity index (χ3v) is 4.63. The highest BCUT2D eigenvalue weighted by Gasteiger charge is 2.35. The van der Waals surface area contributed by atoms with Crippen LogP contribution >= 0.6 is 0 Å². The van der Waals surface area contributed by atoms with Gasteiger partial charge in [0.15, 0.2) is 6.61 Å². The molecule has 2 amide bonds. The topological polar surface area (TPSA) is 105 Å². The molecule has 0 saturated carbocycles. The van der Waals surface area contributed by atoms with Crippen LogP contribution in [0.15, 0.2) is 48.5 Å². The smallest absolute Gasteiger partial charge is 0.341 e. The molecule has 152 valence electrons. The molecule has 1 heterocycles. The van der Waals surface area contributed by atoms with Crippen molar-refractivity contribution in [2.75, 3.05) is 25.2 Å². The maximum absolute atomic E-state index is 12.5. The molecule has 0 radical (unpaired) electrons. The molecule has 0 aromatic heterocycles. The Morgan fingerprint density at radius 3 is 2.38 bits per heavy atom. The molecule has 2 aromatic carbocycles. The van der Waals surface area contributed by atoms with Gasteiger partial charge in [-0.2, -0.15) is 0 Å². The Balaban J connectivity index is 1.54. The minimum atomic E-state index is -1.06. The number of carboxylic acid groups (broad SMARTS) is 1. The molecule has 1 aliphatic heterocycles. The monoisotopic (exact) mass is 398 g/mol. The summed E-state index contributed by atoms with van der Waals surface area (Å²) in [6.45, 7) is 0.240. The van der Waals surface area contributed by atoms with Crippen molar-refractivity contribution in [2.24, 2.45) is 5.92 Å². The van der Waals surface area contributed by atoms with Gasteiger partial charge in [0.1, 0.15) is 11.5 Å². The lowest BCUT2D eigenvalue weighted by molar-refractivity contribution is -0.139. The Morgan fingerprint density at radius 1 is 1.10 bits per heavy atom. The van der Waals surface area contributed by atoms with Gasteiger partial charge in [-0.15, -0.1) is 0 Å². The number of nitrogens with one attached hydrogen (secondary N) is 1. The predicted octanol–water partition coefficient (Wildman–Crippen LogP) is 1.83. The van der Waals surface area contributed by atoms with Gasteiger partial charge in [0.05, 0.1) is 13.0 Å². The Hall–Kier alpha value is -3.55. The van der Waals surface area contributed by atoms with Gasteiger partial charge < -0.3 is 24.8 Å². The van der Waals surface area contributed by atoms with Crippen LogP contribution in [0.2, 0.25) is 0 Å². The number of benzene rings is 2. The first-order chi connectivity index (χ1) is 14.0. The summed E-state index contributed by atoms with van der Waals surface area (Å²) in [5, 5.41) is 11.5. The number of amides is 2. The molecule has 8 heteroatoms. The summed E-state index contributed by atoms with van der Waals surface area (Å²) in [5.41, 5.74) is 1.58. The van der Waals surface area contributed by atoms with Crippen LogP contribution in [0.3, 0.4) is 0 Å². The minimum Gasteiger partial charge on any atom is -0.497 e. The van der Waals surface area contributed by atoms with Crippen LogP contribution in [0.4, 0.5) is 5.69 Å². The van der Waals surface area contributed by atoms with Crippen LogP contribution in [0, 0.1) is 5.92 Å². The number of ether oxygens (including phenoxy) is 2. The van der Waals surface area contributed by atoms with E-state index in [0.717, 1.165) is 11.3 Å². The van der Waals surface area contributed by atoms with Crippen molar-refractivity contribution >= 4 is 23.5 Å². The zero-order chi connectivity index (χ0) is 20.8. The van der Waals surface area contributed by atoms with E-state index in [-0.39, 0.29) is 18.2 Å². The normalized spacial score (nSPS) is 15.8. The fraction of sp³-hybridized carbons (Fsp3) is 0.286. The molecule has 0 bridgehead atoms. The maximum atomic E-state index is 12.5. The number of rotatable bonds is 8. The Bertz CT molecular complexity index is 879. The predicted molar refractivity (Wildman–Crippen MR) is 105 cm³/mol. The fourth-order valence-corrected chi connectivity index (χ4v) is 3.08. The number of carboxylic acids is 1. The van der Waals surface area contributed by atoms with E-state index in [1.165, 1.54) is 0 Å². The SMILES string of the molecule is COc1ccc(CNC(=O)[C@H]2CC(=O)N(c3ccc(OCC(=O)O)cc3)C2)cc1. The van der Waals surface area contributed by atoms with Crippen LogP contribution < -0.4 is 19.7 Å². The van der Waals surface area contributed by atoms with E-state index < -0.39 is 18.5 Å². The molecule has 0 aliphatic carbocycles. The molecule has 29 heavy (non-hydrogen) atoms. The number of carbonyl (C=O) groups excluding carboxylic acids is 2. The minimum absolute atomic E-state index is 0.131. The molecule has 8 nitrogen and oxygen atoms in total. The van der Waals surface area contributed by atoms with E-state index in [2.05, 4.69) is 5.32 Å². The van der Waals surface area contributed by atoms with Gasteiger partial charge in [0.25, 0.3) is 0 Å². The van der Waals surface area contributed by atoms with Crippen molar-refractivity contribution in [1.29, 1.82) is 0 Å². The van der Waals surface area contributed by atoms with Gasteiger partial charge in [-0.25, -0.2) is 4.79 Å². The highest BCUT2D eigenvalue weighted by molar-refractivity contribution is 6.00. The summed E-state index contributed by atoms with van der Waals surface area (Å²) in [6.07, 6.45) is 0.145. The molecule has 0 unspecified atom stereocenters. The van der Waals surface area contributed by atoms with E-state index in [0.29, 0.717) is 24.5 Å². The van der Waals surface area contributed by atoms with Crippen LogP contribution in [-0.2, 0) is 20.9 Å². The van der Waals surface area contributed by atoms with Crippen molar-refractivity contribution in [3.05, 3.63) is 54.1 Å². The van der Waals surface area contributed by atoms with Crippen LogP contribution in [-0.4, -0.2) is 43.2 Å². The first-order valence-corrected chi connectivity index (χ1v) is 9.12. The second-order valence-electron chi connectivity index (χ2n) is 6.65. The molecule has 1 aliphatic rings. The lowest BCUT2D eigenvalue weighted by Gasteiger charge is -2.17. The second kappa shape index (κ2) is 9.09. The van der Waals surface area contributed by atoms with Gasteiger partial charge in [0.2, 0.25) is 11.8 Å². The molecule has 3 rings (SSSR count). The summed E-state index contributed by atoms with van der Waals surface area (Å²) in [6, 6.07) is 13.9. The van der Waals surface area contributed by atoms with Crippen molar-refractivity contribution < 1.29 is 29.0 Å². The number of carbonyl (C=O) groups is 3. The van der Waals surface area contributed by atoms with Crippen molar-refractivity contribution in [2.45, 2.75) is 13.0 Å². The standard InChI is InChI=1S/C21H22N2O6/c1-28-17-6-2-14(3-7-17)11-22-21(27)15-10-19(24)23(12-15)16-4-8-18(9-5-16)29-13-20(25)26/h2-9,15H,10-13H2,1H3,(H,22,27)(H,25,26)/t15-/m0/s1. The maximum Gasteiger partial charge on any atom is 0.341 e. The number of hydrogen-bond donors (Lipinski definition) is 2. The number of aliphatic carboxylic acids is 1. The van der Waals surface area contributed by atoms with E-state index in [9.17, 15) is 14.4 Å². The zero-order valence-corrected chi connectivity index (χ0v) is 16.0. The number of anilines is 1. The van der Waals surface area contributed by atoms with Crippen molar-refractivity contribution in [1.82, 2.24) is 5.32 Å². The number of methoxy groups -OCH3 is 1. The number of nitrogens with zero attached hydrogens (tertiary/aromatic N) is 1. The quantitative estimate of drug-likeness (QED) is 0.703. The lowest BCUT2D eigenvalue weighted by atomic mass is 10.1. The summed E-state index contributed by atoms with van der Waals surface area (Å²) >= 11 is 0. The summed E-state index contributed by atoms with van der Waals surface area (Å²) in [4.78, 5) is 36.9. The van der Waals surface area contributed by atoms with E-state index in [4.69, 9.17) is 14.6 Å². The Labute approximate surface area is 168 Å². The molecule has 1 fully saturated rings. The third kappa shape index (κ3) is 5.25. The van der Waals surface area contributed by atoms with Crippen LogP contribution in [0.25, 0.3) is 0 Å². The average Bonchev–Trinajstić information content (AvgIpc) is 3.13. The van der Waals surface area contributed by atoms with E-state index in [1.807, 2.05) is 24.3 Å². The summed E-state index contributed by atoms with van der Waals surface area (Å²) < 4.78 is 10.2. The summed E-state index contributed by atoms with van der Waals surface area (Å²) in [7, 11) is 1.59. The highest BCUT2D eigenvalue weighted by atomic mass is 16.5. The van der Waals surface area contributed by atoms with Crippen LogP contribution in [0.1, 0.15) is 12.0 Å². The molecular formula is C21H22N2O6. The Kier molecular flexibility index (Phi) is 6.33. The molecule has 1 saturated heterocycles. The lowest BCUT2D eigenvalue weighted by Crippen LogP contribution is -2.32. The first kappa shape index (κ1) is 20.2. The van der Waals surface area contributed by atoms with Gasteiger partial charge in [-0.3, -0.25) is 9.59 Å². The molecule has 1 atom stereocenters. The molecule has 2 aromatic rings. The first-order valence-electron chi connectivity index (χ1n) is 9.12. The fourth-order valence-electron chi connectivity index (χ4n) is 3.08. The largest absolute Gasteiger partial charge is 0.497 e. The van der Waals surface area contributed by atoms with E-state index in [1.54, 1.807) is 36.3 Å². The highest BCUT2D eigenvalue weighted by Crippen LogP contribution is 2.27. The van der Waals surface area contributed by atoms with Crippen LogP contribution in [0.5, 0.6) is 11.5 Å². The van der Waals surface area contributed by atoms with Crippen molar-refractivity contribution in [3.63, 3.8) is 0 Å². The number of hydrogen-bond acceptors (Lipinski definition) is 5. The zero-order valence-electron chi connectivity index (χ0n) is 16.0. The van der Waals surface area contributed by atoms with E-state index >= 15 is 0 Å². The summed E-state index contributed by atoms with van der Waals surface area (Å²) in [5.74, 6) is -0.643. The average molecular weight is 398 g/mol. The molecule has 2 N–H and O–H groups in total. The molecular weight excluding hydrogens is 376 g/mol. The van der Waals surface area contributed by atoms with Gasteiger partial charge >= 0.3 is 5.97 Å². The third-order valence-electron chi connectivity index (χ3n) is 4.63.